The summed E-state index contributed by atoms with van der Waals surface area (Å²) < 4.78 is 0. The van der Waals surface area contributed by atoms with Gasteiger partial charge >= 0.3 is 0 Å². The van der Waals surface area contributed by atoms with E-state index in [1.54, 1.807) is 0 Å². The highest BCUT2D eigenvalue weighted by molar-refractivity contribution is 6.06. The van der Waals surface area contributed by atoms with Crippen LogP contribution in [0.25, 0.3) is 0 Å². The summed E-state index contributed by atoms with van der Waals surface area (Å²) in [5, 5.41) is 15.2. The Labute approximate surface area is 128 Å². The van der Waals surface area contributed by atoms with Crippen molar-refractivity contribution in [2.75, 3.05) is 0 Å². The van der Waals surface area contributed by atoms with Crippen LogP contribution >= 0.6 is 0 Å². The van der Waals surface area contributed by atoms with E-state index in [0.717, 1.165) is 32.1 Å². The Hall–Kier alpha value is -1.26. The molecule has 1 rings (SSSR count). The maximum absolute atomic E-state index is 12.6. The minimum absolute atomic E-state index is 0.0675. The molecule has 0 aromatic rings. The third-order valence-electron chi connectivity index (χ3n) is 4.61. The van der Waals surface area contributed by atoms with E-state index in [1.807, 2.05) is 6.92 Å². The zero-order valence-corrected chi connectivity index (χ0v) is 13.5. The number of nitrogens with two attached hydrogens (primary N) is 1. The SMILES string of the molecule is CCCCCCC(C)NC(=O)C1(C(N)=NO)CCCCC1. The lowest BCUT2D eigenvalue weighted by atomic mass is 9.72. The molecule has 1 unspecified atom stereocenters. The Morgan fingerprint density at radius 3 is 2.52 bits per heavy atom. The van der Waals surface area contributed by atoms with Gasteiger partial charge in [-0.15, -0.1) is 0 Å². The van der Waals surface area contributed by atoms with Crippen LogP contribution in [0.2, 0.25) is 0 Å². The van der Waals surface area contributed by atoms with Crippen LogP contribution in [0.1, 0.15) is 78.1 Å². The first-order valence-corrected chi connectivity index (χ1v) is 8.35. The van der Waals surface area contributed by atoms with Crippen molar-refractivity contribution in [2.24, 2.45) is 16.3 Å². The fraction of sp³-hybridized carbons (Fsp3) is 0.875. The number of nitrogens with one attached hydrogen (secondary N) is 1. The first-order chi connectivity index (χ1) is 10.1. The largest absolute Gasteiger partial charge is 0.409 e. The molecule has 122 valence electrons. The third-order valence-corrected chi connectivity index (χ3v) is 4.61. The summed E-state index contributed by atoms with van der Waals surface area (Å²) in [6, 6.07) is 0.139. The predicted octanol–water partition coefficient (Wildman–Crippen LogP) is 3.16. The van der Waals surface area contributed by atoms with Gasteiger partial charge in [-0.05, 0) is 26.2 Å². The number of hydrogen-bond acceptors (Lipinski definition) is 3. The highest BCUT2D eigenvalue weighted by Gasteiger charge is 2.44. The van der Waals surface area contributed by atoms with Crippen LogP contribution in [0, 0.1) is 5.41 Å². The fourth-order valence-corrected chi connectivity index (χ4v) is 3.16. The average molecular weight is 297 g/mol. The summed E-state index contributed by atoms with van der Waals surface area (Å²) in [6.45, 7) is 4.22. The molecule has 5 nitrogen and oxygen atoms in total. The zero-order valence-electron chi connectivity index (χ0n) is 13.5. The smallest absolute Gasteiger partial charge is 0.234 e. The first-order valence-electron chi connectivity index (χ1n) is 8.35. The van der Waals surface area contributed by atoms with Crippen molar-refractivity contribution < 1.29 is 10.0 Å². The summed E-state index contributed by atoms with van der Waals surface area (Å²) in [5.74, 6) is -0.00151. The maximum atomic E-state index is 12.6. The predicted molar refractivity (Wildman–Crippen MR) is 85.3 cm³/mol. The van der Waals surface area contributed by atoms with Crippen LogP contribution in [-0.4, -0.2) is 23.0 Å². The van der Waals surface area contributed by atoms with E-state index in [-0.39, 0.29) is 17.8 Å². The molecule has 1 atom stereocenters. The molecule has 1 amide bonds. The second-order valence-electron chi connectivity index (χ2n) is 6.35. The molecule has 5 heteroatoms. The molecule has 4 N–H and O–H groups in total. The van der Waals surface area contributed by atoms with Gasteiger partial charge in [-0.1, -0.05) is 57.0 Å². The number of unbranched alkanes of at least 4 members (excludes halogenated alkanes) is 3. The number of nitrogens with zero attached hydrogens (tertiary/aromatic N) is 1. The van der Waals surface area contributed by atoms with Crippen molar-refractivity contribution >= 4 is 11.7 Å². The van der Waals surface area contributed by atoms with Gasteiger partial charge in [-0.3, -0.25) is 4.79 Å². The second-order valence-corrected chi connectivity index (χ2v) is 6.35. The summed E-state index contributed by atoms with van der Waals surface area (Å²) in [5.41, 5.74) is 5.04. The Kier molecular flexibility index (Phi) is 7.54. The zero-order chi connectivity index (χ0) is 15.7. The van der Waals surface area contributed by atoms with E-state index < -0.39 is 5.41 Å². The van der Waals surface area contributed by atoms with Crippen LogP contribution in [0.15, 0.2) is 5.16 Å². The van der Waals surface area contributed by atoms with Gasteiger partial charge in [0.25, 0.3) is 0 Å². The number of amidine groups is 1. The standard InChI is InChI=1S/C16H31N3O2/c1-3-4-5-7-10-13(2)18-15(20)16(14(17)19-21)11-8-6-9-12-16/h13,21H,3-12H2,1-2H3,(H2,17,19)(H,18,20). The highest BCUT2D eigenvalue weighted by Crippen LogP contribution is 2.37. The molecular formula is C16H31N3O2. The van der Waals surface area contributed by atoms with Gasteiger partial charge in [0, 0.05) is 6.04 Å². The first kappa shape index (κ1) is 17.8. The molecule has 1 aliphatic carbocycles. The van der Waals surface area contributed by atoms with E-state index in [0.29, 0.717) is 12.8 Å². The van der Waals surface area contributed by atoms with Crippen LogP contribution in [-0.2, 0) is 4.79 Å². The normalized spacial score (nSPS) is 20.0. The summed E-state index contributed by atoms with van der Waals surface area (Å²) in [6.07, 6.45) is 10.2. The number of carbonyl (C=O) groups is 1. The lowest BCUT2D eigenvalue weighted by molar-refractivity contribution is -0.129. The quantitative estimate of drug-likeness (QED) is 0.211. The van der Waals surface area contributed by atoms with E-state index in [9.17, 15) is 4.79 Å². The van der Waals surface area contributed by atoms with Gasteiger partial charge in [-0.2, -0.15) is 0 Å². The molecule has 0 aliphatic heterocycles. The van der Waals surface area contributed by atoms with Crippen molar-refractivity contribution in [3.8, 4) is 0 Å². The summed E-state index contributed by atoms with van der Waals surface area (Å²) in [4.78, 5) is 12.6. The molecule has 0 spiro atoms. The van der Waals surface area contributed by atoms with Crippen molar-refractivity contribution in [2.45, 2.75) is 84.1 Å². The van der Waals surface area contributed by atoms with Gasteiger partial charge < -0.3 is 16.3 Å². The van der Waals surface area contributed by atoms with Crippen molar-refractivity contribution in [3.05, 3.63) is 0 Å². The number of carbonyl (C=O) groups excluding carboxylic acids is 1. The molecule has 0 saturated heterocycles. The third kappa shape index (κ3) is 4.90. The highest BCUT2D eigenvalue weighted by atomic mass is 16.4. The van der Waals surface area contributed by atoms with Crippen LogP contribution in [0.5, 0.6) is 0 Å². The molecule has 0 heterocycles. The van der Waals surface area contributed by atoms with E-state index in [1.165, 1.54) is 19.3 Å². The van der Waals surface area contributed by atoms with Gasteiger partial charge in [0.2, 0.25) is 5.91 Å². The number of oxime groups is 1. The van der Waals surface area contributed by atoms with Crippen molar-refractivity contribution in [3.63, 3.8) is 0 Å². The van der Waals surface area contributed by atoms with Crippen molar-refractivity contribution in [1.82, 2.24) is 5.32 Å². The summed E-state index contributed by atoms with van der Waals surface area (Å²) in [7, 11) is 0. The Morgan fingerprint density at radius 2 is 1.95 bits per heavy atom. The monoisotopic (exact) mass is 297 g/mol. The Balaban J connectivity index is 2.57. The molecular weight excluding hydrogens is 266 g/mol. The molecule has 0 aromatic heterocycles. The molecule has 21 heavy (non-hydrogen) atoms. The molecule has 1 saturated carbocycles. The maximum Gasteiger partial charge on any atom is 0.234 e. The average Bonchev–Trinajstić information content (AvgIpc) is 2.51. The lowest BCUT2D eigenvalue weighted by Crippen LogP contribution is -2.52. The van der Waals surface area contributed by atoms with Gasteiger partial charge in [0.1, 0.15) is 5.41 Å². The van der Waals surface area contributed by atoms with E-state index in [2.05, 4.69) is 17.4 Å². The van der Waals surface area contributed by atoms with Crippen LogP contribution < -0.4 is 11.1 Å². The minimum Gasteiger partial charge on any atom is -0.409 e. The van der Waals surface area contributed by atoms with Crippen LogP contribution in [0.3, 0.4) is 0 Å². The number of hydrogen-bond donors (Lipinski definition) is 3. The van der Waals surface area contributed by atoms with E-state index in [4.69, 9.17) is 10.9 Å². The van der Waals surface area contributed by atoms with Gasteiger partial charge in [-0.25, -0.2) is 0 Å². The Morgan fingerprint density at radius 1 is 1.29 bits per heavy atom. The number of amides is 1. The molecule has 1 fully saturated rings. The molecule has 0 bridgehead atoms. The molecule has 0 radical (unpaired) electrons. The Bertz CT molecular complexity index is 349. The van der Waals surface area contributed by atoms with Gasteiger partial charge in [0.05, 0.1) is 0 Å². The van der Waals surface area contributed by atoms with E-state index >= 15 is 0 Å². The lowest BCUT2D eigenvalue weighted by Gasteiger charge is -2.35. The topological polar surface area (TPSA) is 87.7 Å². The number of rotatable bonds is 8. The fourth-order valence-electron chi connectivity index (χ4n) is 3.16. The minimum atomic E-state index is -0.801. The van der Waals surface area contributed by atoms with Gasteiger partial charge in [0.15, 0.2) is 5.84 Å². The van der Waals surface area contributed by atoms with Crippen LogP contribution in [0.4, 0.5) is 0 Å². The molecule has 1 aliphatic rings. The second kappa shape index (κ2) is 8.90. The molecule has 0 aromatic carbocycles. The summed E-state index contributed by atoms with van der Waals surface area (Å²) >= 11 is 0. The van der Waals surface area contributed by atoms with Crippen molar-refractivity contribution in [1.29, 1.82) is 0 Å².